The van der Waals surface area contributed by atoms with E-state index in [0.717, 1.165) is 11.5 Å². The molecule has 1 unspecified atom stereocenters. The van der Waals surface area contributed by atoms with E-state index >= 15 is 0 Å². The molecule has 1 aromatic heterocycles. The first kappa shape index (κ1) is 10.6. The fourth-order valence-corrected chi connectivity index (χ4v) is 1.25. The van der Waals surface area contributed by atoms with Gasteiger partial charge in [0.25, 0.3) is 0 Å². The molecule has 0 radical (unpaired) electrons. The molecule has 1 rings (SSSR count). The van der Waals surface area contributed by atoms with E-state index in [1.165, 1.54) is 6.92 Å². The summed E-state index contributed by atoms with van der Waals surface area (Å²) in [5, 5.41) is 11.2. The number of nitrogens with one attached hydrogen (secondary N) is 1. The number of aryl methyl sites for hydroxylation is 1. The van der Waals surface area contributed by atoms with Crippen molar-refractivity contribution in [3.63, 3.8) is 0 Å². The van der Waals surface area contributed by atoms with Crippen molar-refractivity contribution in [3.05, 3.63) is 5.82 Å². The van der Waals surface area contributed by atoms with E-state index in [0.29, 0.717) is 11.0 Å². The van der Waals surface area contributed by atoms with Gasteiger partial charge in [-0.15, -0.1) is 0 Å². The molecule has 1 heterocycles. The zero-order chi connectivity index (χ0) is 10.7. The Balaban J connectivity index is 2.61. The summed E-state index contributed by atoms with van der Waals surface area (Å²) in [4.78, 5) is 25.5. The number of rotatable bonds is 3. The number of nitrogens with zero attached hydrogens (tertiary/aromatic N) is 2. The Hall–Kier alpha value is -1.50. The van der Waals surface area contributed by atoms with Crippen LogP contribution in [0.5, 0.6) is 0 Å². The second kappa shape index (κ2) is 4.14. The van der Waals surface area contributed by atoms with E-state index in [-0.39, 0.29) is 0 Å². The quantitative estimate of drug-likeness (QED) is 0.716. The third-order valence-corrected chi connectivity index (χ3v) is 2.24. The summed E-state index contributed by atoms with van der Waals surface area (Å²) in [6.45, 7) is 3.00. The van der Waals surface area contributed by atoms with Crippen molar-refractivity contribution in [1.82, 2.24) is 9.36 Å². The average Bonchev–Trinajstić information content (AvgIpc) is 2.49. The first-order valence-corrected chi connectivity index (χ1v) is 4.62. The Kier molecular flexibility index (Phi) is 3.13. The maximum atomic E-state index is 11.2. The van der Waals surface area contributed by atoms with Crippen LogP contribution in [0.25, 0.3) is 0 Å². The van der Waals surface area contributed by atoms with Gasteiger partial charge in [0.2, 0.25) is 11.0 Å². The second-order valence-electron chi connectivity index (χ2n) is 2.70. The van der Waals surface area contributed by atoms with Gasteiger partial charge in [-0.1, -0.05) is 0 Å². The first-order chi connectivity index (χ1) is 6.50. The van der Waals surface area contributed by atoms with Crippen LogP contribution >= 0.6 is 11.5 Å². The molecule has 6 nitrogen and oxygen atoms in total. The molecule has 76 valence electrons. The van der Waals surface area contributed by atoms with Gasteiger partial charge in [-0.3, -0.25) is 14.9 Å². The number of aromatic nitrogens is 2. The normalized spacial score (nSPS) is 12.1. The van der Waals surface area contributed by atoms with Crippen LogP contribution in [0.3, 0.4) is 0 Å². The van der Waals surface area contributed by atoms with Gasteiger partial charge in [-0.2, -0.15) is 4.37 Å². The van der Waals surface area contributed by atoms with Crippen molar-refractivity contribution in [2.24, 2.45) is 5.92 Å². The summed E-state index contributed by atoms with van der Waals surface area (Å²) in [6, 6.07) is 0. The zero-order valence-corrected chi connectivity index (χ0v) is 8.46. The van der Waals surface area contributed by atoms with Crippen molar-refractivity contribution in [1.29, 1.82) is 0 Å². The molecule has 1 atom stereocenters. The molecule has 7 heteroatoms. The Morgan fingerprint density at radius 2 is 2.21 bits per heavy atom. The van der Waals surface area contributed by atoms with E-state index in [4.69, 9.17) is 5.11 Å². The standard InChI is InChI=1S/C7H9N3O3S/c1-3(6(12)13)5(11)9-7-8-4(2)10-14-7/h3H,1-2H3,(H,12,13)(H,8,9,10,11). The fraction of sp³-hybridized carbons (Fsp3) is 0.429. The zero-order valence-electron chi connectivity index (χ0n) is 7.64. The molecule has 1 amide bonds. The molecule has 0 spiro atoms. The highest BCUT2D eigenvalue weighted by atomic mass is 32.1. The molecule has 0 aromatic carbocycles. The maximum absolute atomic E-state index is 11.2. The van der Waals surface area contributed by atoms with E-state index in [9.17, 15) is 9.59 Å². The summed E-state index contributed by atoms with van der Waals surface area (Å²) in [5.74, 6) is -2.29. The smallest absolute Gasteiger partial charge is 0.315 e. The fourth-order valence-electron chi connectivity index (χ4n) is 0.674. The molecule has 0 aliphatic carbocycles. The van der Waals surface area contributed by atoms with Crippen molar-refractivity contribution in [2.45, 2.75) is 13.8 Å². The summed E-state index contributed by atoms with van der Waals surface area (Å²) in [6.07, 6.45) is 0. The number of carboxylic acids is 1. The van der Waals surface area contributed by atoms with Crippen LogP contribution in [-0.4, -0.2) is 26.3 Å². The highest BCUT2D eigenvalue weighted by Crippen LogP contribution is 2.11. The predicted octanol–water partition coefficient (Wildman–Crippen LogP) is 0.506. The van der Waals surface area contributed by atoms with Crippen LogP contribution in [0.4, 0.5) is 5.13 Å². The Morgan fingerprint density at radius 3 is 2.64 bits per heavy atom. The first-order valence-electron chi connectivity index (χ1n) is 3.84. The molecule has 1 aromatic rings. The van der Waals surface area contributed by atoms with Gasteiger partial charge in [-0.25, -0.2) is 4.98 Å². The van der Waals surface area contributed by atoms with E-state index < -0.39 is 17.8 Å². The lowest BCUT2D eigenvalue weighted by Crippen LogP contribution is -2.26. The number of aliphatic carboxylic acids is 1. The Labute approximate surface area is 84.1 Å². The number of amides is 1. The number of anilines is 1. The van der Waals surface area contributed by atoms with Gasteiger partial charge in [0.15, 0.2) is 0 Å². The molecule has 0 saturated carbocycles. The van der Waals surface area contributed by atoms with Crippen molar-refractivity contribution < 1.29 is 14.7 Å². The van der Waals surface area contributed by atoms with Crippen LogP contribution in [-0.2, 0) is 9.59 Å². The Morgan fingerprint density at radius 1 is 1.57 bits per heavy atom. The van der Waals surface area contributed by atoms with Gasteiger partial charge in [0, 0.05) is 11.5 Å². The third-order valence-electron chi connectivity index (χ3n) is 1.52. The molecule has 14 heavy (non-hydrogen) atoms. The predicted molar refractivity (Wildman–Crippen MR) is 50.1 cm³/mol. The van der Waals surface area contributed by atoms with Gasteiger partial charge < -0.3 is 5.11 Å². The maximum Gasteiger partial charge on any atom is 0.315 e. The molecular formula is C7H9N3O3S. The van der Waals surface area contributed by atoms with Crippen LogP contribution in [0.15, 0.2) is 0 Å². The van der Waals surface area contributed by atoms with E-state index in [1.807, 2.05) is 0 Å². The molecule has 2 N–H and O–H groups in total. The van der Waals surface area contributed by atoms with E-state index in [1.54, 1.807) is 6.92 Å². The number of carbonyl (C=O) groups excluding carboxylic acids is 1. The van der Waals surface area contributed by atoms with Gasteiger partial charge in [-0.05, 0) is 13.8 Å². The minimum Gasteiger partial charge on any atom is -0.481 e. The van der Waals surface area contributed by atoms with Crippen LogP contribution in [0, 0.1) is 12.8 Å². The molecular weight excluding hydrogens is 206 g/mol. The molecule has 0 aliphatic heterocycles. The lowest BCUT2D eigenvalue weighted by Gasteiger charge is -2.03. The van der Waals surface area contributed by atoms with Crippen molar-refractivity contribution in [3.8, 4) is 0 Å². The third kappa shape index (κ3) is 2.49. The SMILES string of the molecule is Cc1nsc(NC(=O)C(C)C(=O)O)n1. The summed E-state index contributed by atoms with van der Waals surface area (Å²) >= 11 is 1.02. The summed E-state index contributed by atoms with van der Waals surface area (Å²) in [7, 11) is 0. The molecule has 0 saturated heterocycles. The van der Waals surface area contributed by atoms with Gasteiger partial charge in [0.05, 0.1) is 0 Å². The van der Waals surface area contributed by atoms with Gasteiger partial charge in [0.1, 0.15) is 11.7 Å². The van der Waals surface area contributed by atoms with Crippen molar-refractivity contribution in [2.75, 3.05) is 5.32 Å². The highest BCUT2D eigenvalue weighted by molar-refractivity contribution is 7.09. The second-order valence-corrected chi connectivity index (χ2v) is 3.45. The molecule has 0 bridgehead atoms. The number of hydrogen-bond acceptors (Lipinski definition) is 5. The lowest BCUT2D eigenvalue weighted by atomic mass is 10.2. The highest BCUT2D eigenvalue weighted by Gasteiger charge is 2.21. The number of carbonyl (C=O) groups is 2. The lowest BCUT2D eigenvalue weighted by molar-refractivity contribution is -0.144. The number of carboxylic acid groups (broad SMARTS) is 1. The minimum absolute atomic E-state index is 0.320. The molecule has 0 aliphatic rings. The molecule has 0 fully saturated rings. The topological polar surface area (TPSA) is 92.2 Å². The number of hydrogen-bond donors (Lipinski definition) is 2. The monoisotopic (exact) mass is 215 g/mol. The van der Waals surface area contributed by atoms with Gasteiger partial charge >= 0.3 is 5.97 Å². The van der Waals surface area contributed by atoms with Crippen molar-refractivity contribution >= 4 is 28.5 Å². The van der Waals surface area contributed by atoms with Crippen LogP contribution < -0.4 is 5.32 Å². The summed E-state index contributed by atoms with van der Waals surface area (Å²) in [5.41, 5.74) is 0. The Bertz CT molecular complexity index is 363. The average molecular weight is 215 g/mol. The van der Waals surface area contributed by atoms with Crippen LogP contribution in [0.1, 0.15) is 12.7 Å². The largest absolute Gasteiger partial charge is 0.481 e. The van der Waals surface area contributed by atoms with Crippen LogP contribution in [0.2, 0.25) is 0 Å². The summed E-state index contributed by atoms with van der Waals surface area (Å²) < 4.78 is 3.84. The van der Waals surface area contributed by atoms with E-state index in [2.05, 4.69) is 14.7 Å². The minimum atomic E-state index is -1.16.